The number of hydrogen-bond acceptors (Lipinski definition) is 8. The minimum Gasteiger partial charge on any atom is -0.411 e. The van der Waals surface area contributed by atoms with E-state index in [9.17, 15) is 0 Å². The first kappa shape index (κ1) is 34.1. The highest BCUT2D eigenvalue weighted by atomic mass is 35.5. The zero-order valence-corrected chi connectivity index (χ0v) is 23.7. The fraction of sp³-hybridized carbons (Fsp3) is 0.765. The molecular formula is C17H41ClN4O4Si2. The fourth-order valence-corrected chi connectivity index (χ4v) is 2.38. The van der Waals surface area contributed by atoms with Gasteiger partial charge < -0.3 is 20.8 Å². The van der Waals surface area contributed by atoms with Crippen molar-refractivity contribution in [2.75, 3.05) is 5.88 Å². The molecule has 0 fully saturated rings. The van der Waals surface area contributed by atoms with Crippen LogP contribution in [0.5, 0.6) is 0 Å². The van der Waals surface area contributed by atoms with E-state index in [-0.39, 0.29) is 0 Å². The second-order valence-electron chi connectivity index (χ2n) is 6.67. The molecule has 4 N–H and O–H groups in total. The average molecular weight is 457 g/mol. The Labute approximate surface area is 181 Å². The summed E-state index contributed by atoms with van der Waals surface area (Å²) in [5, 5.41) is 44.1. The first-order valence-electron chi connectivity index (χ1n) is 9.24. The highest BCUT2D eigenvalue weighted by Gasteiger charge is 2.07. The summed E-state index contributed by atoms with van der Waals surface area (Å²) in [6.45, 7) is 12.8. The second kappa shape index (κ2) is 25.6. The van der Waals surface area contributed by atoms with Crippen molar-refractivity contribution in [1.82, 2.24) is 0 Å². The molecule has 0 bridgehead atoms. The zero-order chi connectivity index (χ0) is 23.1. The van der Waals surface area contributed by atoms with Crippen LogP contribution in [0, 0.1) is 0 Å². The molecule has 0 aromatic carbocycles. The van der Waals surface area contributed by atoms with Crippen molar-refractivity contribution in [2.45, 2.75) is 78.8 Å². The topological polar surface area (TPSA) is 130 Å². The van der Waals surface area contributed by atoms with Gasteiger partial charge in [0.1, 0.15) is 0 Å². The van der Waals surface area contributed by atoms with Crippen molar-refractivity contribution >= 4 is 54.9 Å². The van der Waals surface area contributed by atoms with E-state index in [1.165, 1.54) is 0 Å². The molecule has 28 heavy (non-hydrogen) atoms. The molecular weight excluding hydrogens is 416 g/mol. The third kappa shape index (κ3) is 32.3. The van der Waals surface area contributed by atoms with Crippen LogP contribution in [-0.4, -0.2) is 70.0 Å². The summed E-state index contributed by atoms with van der Waals surface area (Å²) in [6.07, 6.45) is 2.95. The third-order valence-electron chi connectivity index (χ3n) is 3.22. The van der Waals surface area contributed by atoms with Gasteiger partial charge in [-0.1, -0.05) is 34.5 Å². The monoisotopic (exact) mass is 456 g/mol. The number of oxime groups is 4. The molecule has 8 nitrogen and oxygen atoms in total. The Balaban J connectivity index is -0.000000147. The van der Waals surface area contributed by atoms with Crippen molar-refractivity contribution < 1.29 is 20.8 Å². The molecule has 0 aliphatic rings. The van der Waals surface area contributed by atoms with E-state index in [1.807, 2.05) is 20.8 Å². The van der Waals surface area contributed by atoms with Crippen molar-refractivity contribution in [2.24, 2.45) is 20.6 Å². The van der Waals surface area contributed by atoms with E-state index >= 15 is 0 Å². The Hall–Kier alpha value is -1.40. The molecule has 168 valence electrons. The third-order valence-corrected chi connectivity index (χ3v) is 5.57. The number of nitrogens with zero attached hydrogens (tertiary/aromatic N) is 4. The standard InChI is InChI=1S/C7H16ClNOSi.C4H11NOSi.2C3H7NO/c1-2-6(9-10)7(11)4-3-5-8;1-3(5-6)4(2)7;2*1-3(2)4-5/h7,10H,2-5H2,1,11H3;4,6H,1-2,7H3;2*5H,1-2H3. The molecule has 0 saturated heterocycles. The summed E-state index contributed by atoms with van der Waals surface area (Å²) in [5.74, 6) is 0.709. The van der Waals surface area contributed by atoms with Crippen LogP contribution in [0.1, 0.15) is 67.7 Å². The van der Waals surface area contributed by atoms with Crippen molar-refractivity contribution in [3.05, 3.63) is 0 Å². The summed E-state index contributed by atoms with van der Waals surface area (Å²) in [5.41, 5.74) is 4.15. The number of alkyl halides is 1. The van der Waals surface area contributed by atoms with Gasteiger partial charge in [-0.15, -0.1) is 11.6 Å². The molecule has 0 aromatic heterocycles. The molecule has 0 radical (unpaired) electrons. The lowest BCUT2D eigenvalue weighted by atomic mass is 10.1. The first-order chi connectivity index (χ1) is 13.0. The predicted molar refractivity (Wildman–Crippen MR) is 129 cm³/mol. The Morgan fingerprint density at radius 1 is 0.857 bits per heavy atom. The molecule has 0 heterocycles. The molecule has 0 spiro atoms. The largest absolute Gasteiger partial charge is 0.411 e. The van der Waals surface area contributed by atoms with Gasteiger partial charge in [-0.3, -0.25) is 0 Å². The van der Waals surface area contributed by atoms with Crippen molar-refractivity contribution in [3.8, 4) is 0 Å². The number of halogens is 1. The predicted octanol–water partition coefficient (Wildman–Crippen LogP) is 3.12. The maximum Gasteiger partial charge on any atom is 0.0562 e. The Bertz CT molecular complexity index is 450. The van der Waals surface area contributed by atoms with Gasteiger partial charge in [0.2, 0.25) is 0 Å². The molecule has 0 rings (SSSR count). The minimum absolute atomic E-state index is 0.503. The fourth-order valence-electron chi connectivity index (χ4n) is 1.18. The molecule has 0 aromatic rings. The average Bonchev–Trinajstić information content (AvgIpc) is 2.67. The van der Waals surface area contributed by atoms with Crippen molar-refractivity contribution in [3.63, 3.8) is 0 Å². The van der Waals surface area contributed by atoms with Gasteiger partial charge in [0.15, 0.2) is 0 Å². The number of rotatable bonds is 6. The van der Waals surface area contributed by atoms with E-state index in [1.54, 1.807) is 27.7 Å². The zero-order valence-electron chi connectivity index (χ0n) is 18.9. The second-order valence-corrected chi connectivity index (χ2v) is 10.2. The van der Waals surface area contributed by atoms with E-state index < -0.39 is 0 Å². The van der Waals surface area contributed by atoms with Crippen LogP contribution in [0.3, 0.4) is 0 Å². The van der Waals surface area contributed by atoms with Crippen molar-refractivity contribution in [1.29, 1.82) is 0 Å². The SMILES string of the molecule is CC(=NO)C(C)[SiH3].CC(C)=NO.CC(C)=NO.CCC(=NO)C([SiH3])CCCCl. The summed E-state index contributed by atoms with van der Waals surface area (Å²) in [6, 6.07) is 0. The normalized spacial score (nSPS) is 12.7. The van der Waals surface area contributed by atoms with Crippen LogP contribution >= 0.6 is 11.6 Å². The van der Waals surface area contributed by atoms with Gasteiger partial charge >= 0.3 is 0 Å². The molecule has 11 heteroatoms. The van der Waals surface area contributed by atoms with Crippen LogP contribution in [0.25, 0.3) is 0 Å². The molecule has 2 atom stereocenters. The van der Waals surface area contributed by atoms with Crippen LogP contribution in [0.15, 0.2) is 20.6 Å². The smallest absolute Gasteiger partial charge is 0.0562 e. The van der Waals surface area contributed by atoms with Gasteiger partial charge in [0.25, 0.3) is 0 Å². The minimum atomic E-state index is 0.503. The molecule has 0 amide bonds. The van der Waals surface area contributed by atoms with Crippen LogP contribution < -0.4 is 0 Å². The quantitative estimate of drug-likeness (QED) is 0.161. The summed E-state index contributed by atoms with van der Waals surface area (Å²) in [4.78, 5) is 0. The summed E-state index contributed by atoms with van der Waals surface area (Å²) in [7, 11) is 2.13. The molecule has 0 aliphatic heterocycles. The van der Waals surface area contributed by atoms with E-state index in [2.05, 4.69) is 20.6 Å². The Morgan fingerprint density at radius 3 is 1.39 bits per heavy atom. The highest BCUT2D eigenvalue weighted by molar-refractivity contribution is 6.25. The Kier molecular flexibility index (Phi) is 31.2. The lowest BCUT2D eigenvalue weighted by Gasteiger charge is -2.09. The van der Waals surface area contributed by atoms with Gasteiger partial charge in [-0.05, 0) is 65.0 Å². The van der Waals surface area contributed by atoms with E-state index in [0.717, 1.165) is 51.2 Å². The number of hydrogen-bond donors (Lipinski definition) is 4. The van der Waals surface area contributed by atoms with Gasteiger partial charge in [0.05, 0.1) is 22.8 Å². The van der Waals surface area contributed by atoms with Gasteiger partial charge in [0, 0.05) is 26.4 Å². The van der Waals surface area contributed by atoms with Gasteiger partial charge in [-0.2, -0.15) is 0 Å². The highest BCUT2D eigenvalue weighted by Crippen LogP contribution is 2.13. The van der Waals surface area contributed by atoms with Gasteiger partial charge in [-0.25, -0.2) is 0 Å². The van der Waals surface area contributed by atoms with E-state index in [0.29, 0.717) is 28.4 Å². The maximum absolute atomic E-state index is 8.57. The first-order valence-corrected chi connectivity index (χ1v) is 12.1. The maximum atomic E-state index is 8.57. The molecule has 0 aliphatic carbocycles. The summed E-state index contributed by atoms with van der Waals surface area (Å²) < 4.78 is 0. The Morgan fingerprint density at radius 2 is 1.25 bits per heavy atom. The van der Waals surface area contributed by atoms with Crippen LogP contribution in [0.4, 0.5) is 0 Å². The molecule has 2 unspecified atom stereocenters. The van der Waals surface area contributed by atoms with Crippen LogP contribution in [0.2, 0.25) is 11.1 Å². The lowest BCUT2D eigenvalue weighted by Crippen LogP contribution is -2.07. The lowest BCUT2D eigenvalue weighted by molar-refractivity contribution is 0.316. The van der Waals surface area contributed by atoms with E-state index in [4.69, 9.17) is 32.4 Å². The summed E-state index contributed by atoms with van der Waals surface area (Å²) >= 11 is 5.55. The molecule has 0 saturated carbocycles. The van der Waals surface area contributed by atoms with Crippen LogP contribution in [-0.2, 0) is 0 Å².